The standard InChI is InChI=1S/C21H20F2O2/c1-2-3-16-13-24-21(25-14-16)11-6-15-4-7-17(8-5-15)18-9-10-19(22)20(23)12-18/h4-5,7-10,12,16,21H,2-3,13-14H2,1H3. The minimum Gasteiger partial charge on any atom is -0.342 e. The Balaban J connectivity index is 1.63. The highest BCUT2D eigenvalue weighted by Gasteiger charge is 2.19. The largest absolute Gasteiger partial charge is 0.342 e. The van der Waals surface area contributed by atoms with Gasteiger partial charge in [0.05, 0.1) is 13.2 Å². The molecule has 0 spiro atoms. The van der Waals surface area contributed by atoms with E-state index in [1.165, 1.54) is 6.07 Å². The third-order valence-electron chi connectivity index (χ3n) is 4.14. The van der Waals surface area contributed by atoms with Gasteiger partial charge in [-0.05, 0) is 47.7 Å². The van der Waals surface area contributed by atoms with E-state index in [0.717, 1.165) is 30.0 Å². The van der Waals surface area contributed by atoms with Gasteiger partial charge in [0, 0.05) is 11.5 Å². The second-order valence-corrected chi connectivity index (χ2v) is 6.13. The van der Waals surface area contributed by atoms with Crippen LogP contribution in [0.15, 0.2) is 42.5 Å². The Morgan fingerprint density at radius 2 is 1.64 bits per heavy atom. The predicted molar refractivity (Wildman–Crippen MR) is 92.8 cm³/mol. The lowest BCUT2D eigenvalue weighted by atomic mass is 10.0. The first-order valence-electron chi connectivity index (χ1n) is 8.46. The average molecular weight is 342 g/mol. The van der Waals surface area contributed by atoms with E-state index >= 15 is 0 Å². The first-order valence-corrected chi connectivity index (χ1v) is 8.46. The zero-order chi connectivity index (χ0) is 17.6. The minimum absolute atomic E-state index is 0.457. The van der Waals surface area contributed by atoms with Gasteiger partial charge in [0.25, 0.3) is 0 Å². The van der Waals surface area contributed by atoms with E-state index in [-0.39, 0.29) is 0 Å². The molecule has 0 atom stereocenters. The van der Waals surface area contributed by atoms with E-state index in [0.29, 0.717) is 24.7 Å². The van der Waals surface area contributed by atoms with Gasteiger partial charge in [0.1, 0.15) is 0 Å². The van der Waals surface area contributed by atoms with Crippen molar-refractivity contribution in [1.29, 1.82) is 0 Å². The fourth-order valence-electron chi connectivity index (χ4n) is 2.77. The number of benzene rings is 2. The van der Waals surface area contributed by atoms with Crippen molar-refractivity contribution >= 4 is 0 Å². The highest BCUT2D eigenvalue weighted by Crippen LogP contribution is 2.22. The van der Waals surface area contributed by atoms with Crippen LogP contribution in [0.5, 0.6) is 0 Å². The second-order valence-electron chi connectivity index (χ2n) is 6.13. The van der Waals surface area contributed by atoms with Gasteiger partial charge in [0.15, 0.2) is 11.6 Å². The molecule has 0 amide bonds. The summed E-state index contributed by atoms with van der Waals surface area (Å²) in [7, 11) is 0. The Bertz CT molecular complexity index is 767. The lowest BCUT2D eigenvalue weighted by Crippen LogP contribution is -2.31. The molecule has 3 rings (SSSR count). The van der Waals surface area contributed by atoms with Crippen LogP contribution in [0.1, 0.15) is 25.3 Å². The van der Waals surface area contributed by atoms with E-state index in [4.69, 9.17) is 9.47 Å². The molecule has 0 unspecified atom stereocenters. The Kier molecular flexibility index (Phi) is 5.80. The summed E-state index contributed by atoms with van der Waals surface area (Å²) in [6, 6.07) is 11.2. The molecule has 1 saturated heterocycles. The highest BCUT2D eigenvalue weighted by atomic mass is 19.2. The van der Waals surface area contributed by atoms with Crippen LogP contribution in [0.25, 0.3) is 11.1 Å². The van der Waals surface area contributed by atoms with Crippen molar-refractivity contribution in [2.45, 2.75) is 26.1 Å². The SMILES string of the molecule is CCCC1COC(C#Cc2ccc(-c3ccc(F)c(F)c3)cc2)OC1. The maximum Gasteiger partial charge on any atom is 0.222 e. The molecule has 0 aliphatic carbocycles. The molecule has 0 bridgehead atoms. The fourth-order valence-corrected chi connectivity index (χ4v) is 2.77. The number of ether oxygens (including phenoxy) is 2. The van der Waals surface area contributed by atoms with Crippen LogP contribution in [0.2, 0.25) is 0 Å². The summed E-state index contributed by atoms with van der Waals surface area (Å²) >= 11 is 0. The van der Waals surface area contributed by atoms with E-state index in [2.05, 4.69) is 18.8 Å². The summed E-state index contributed by atoms with van der Waals surface area (Å²) in [5, 5.41) is 0. The molecule has 1 aliphatic heterocycles. The minimum atomic E-state index is -0.852. The van der Waals surface area contributed by atoms with Crippen molar-refractivity contribution in [3.63, 3.8) is 0 Å². The molecule has 0 N–H and O–H groups in total. The third kappa shape index (κ3) is 4.66. The van der Waals surface area contributed by atoms with Crippen LogP contribution < -0.4 is 0 Å². The van der Waals surface area contributed by atoms with Crippen LogP contribution in [0.4, 0.5) is 8.78 Å². The molecule has 2 aromatic carbocycles. The number of halogens is 2. The van der Waals surface area contributed by atoms with Gasteiger partial charge >= 0.3 is 0 Å². The maximum absolute atomic E-state index is 13.3. The summed E-state index contributed by atoms with van der Waals surface area (Å²) in [5.41, 5.74) is 2.24. The normalized spacial score (nSPS) is 20.0. The van der Waals surface area contributed by atoms with E-state index in [1.807, 2.05) is 24.3 Å². The predicted octanol–water partition coefficient (Wildman–Crippen LogP) is 4.77. The summed E-state index contributed by atoms with van der Waals surface area (Å²) in [4.78, 5) is 0. The summed E-state index contributed by atoms with van der Waals surface area (Å²) < 4.78 is 37.5. The molecule has 0 saturated carbocycles. The lowest BCUT2D eigenvalue weighted by molar-refractivity contribution is -0.170. The van der Waals surface area contributed by atoms with E-state index < -0.39 is 17.9 Å². The summed E-state index contributed by atoms with van der Waals surface area (Å²) in [6.45, 7) is 3.51. The van der Waals surface area contributed by atoms with E-state index in [1.54, 1.807) is 6.07 Å². The fraction of sp³-hybridized carbons (Fsp3) is 0.333. The quantitative estimate of drug-likeness (QED) is 0.748. The van der Waals surface area contributed by atoms with Gasteiger partial charge in [0.2, 0.25) is 6.29 Å². The second kappa shape index (κ2) is 8.24. The average Bonchev–Trinajstić information content (AvgIpc) is 2.64. The monoisotopic (exact) mass is 342 g/mol. The Morgan fingerprint density at radius 3 is 2.28 bits per heavy atom. The molecule has 2 aromatic rings. The van der Waals surface area contributed by atoms with Gasteiger partial charge < -0.3 is 9.47 Å². The molecular weight excluding hydrogens is 322 g/mol. The highest BCUT2D eigenvalue weighted by molar-refractivity contribution is 5.64. The molecule has 1 fully saturated rings. The first-order chi connectivity index (χ1) is 12.2. The molecule has 4 heteroatoms. The Labute approximate surface area is 146 Å². The third-order valence-corrected chi connectivity index (χ3v) is 4.14. The van der Waals surface area contributed by atoms with Crippen molar-refractivity contribution in [1.82, 2.24) is 0 Å². The molecule has 1 aliphatic rings. The number of hydrogen-bond acceptors (Lipinski definition) is 2. The van der Waals surface area contributed by atoms with Gasteiger partial charge in [-0.3, -0.25) is 0 Å². The Morgan fingerprint density at radius 1 is 0.960 bits per heavy atom. The molecular formula is C21H20F2O2. The number of hydrogen-bond donors (Lipinski definition) is 0. The van der Waals surface area contributed by atoms with Crippen molar-refractivity contribution in [2.24, 2.45) is 5.92 Å². The molecule has 1 heterocycles. The zero-order valence-electron chi connectivity index (χ0n) is 14.1. The van der Waals surface area contributed by atoms with Crippen LogP contribution in [0.3, 0.4) is 0 Å². The molecule has 0 radical (unpaired) electrons. The van der Waals surface area contributed by atoms with Gasteiger partial charge in [-0.15, -0.1) is 0 Å². The van der Waals surface area contributed by atoms with Gasteiger partial charge in [-0.25, -0.2) is 8.78 Å². The first kappa shape index (κ1) is 17.6. The van der Waals surface area contributed by atoms with E-state index in [9.17, 15) is 8.78 Å². The summed E-state index contributed by atoms with van der Waals surface area (Å²) in [6.07, 6.45) is 1.74. The van der Waals surface area contributed by atoms with Crippen molar-refractivity contribution in [2.75, 3.05) is 13.2 Å². The van der Waals surface area contributed by atoms with Crippen LogP contribution in [-0.2, 0) is 9.47 Å². The molecule has 0 aromatic heterocycles. The topological polar surface area (TPSA) is 18.5 Å². The number of rotatable bonds is 3. The van der Waals surface area contributed by atoms with Gasteiger partial charge in [-0.2, -0.15) is 0 Å². The van der Waals surface area contributed by atoms with Crippen molar-refractivity contribution in [3.05, 3.63) is 59.7 Å². The van der Waals surface area contributed by atoms with Crippen LogP contribution in [0, 0.1) is 29.4 Å². The zero-order valence-corrected chi connectivity index (χ0v) is 14.1. The molecule has 25 heavy (non-hydrogen) atoms. The lowest BCUT2D eigenvalue weighted by Gasteiger charge is -2.26. The van der Waals surface area contributed by atoms with Crippen molar-refractivity contribution < 1.29 is 18.3 Å². The van der Waals surface area contributed by atoms with Crippen LogP contribution in [-0.4, -0.2) is 19.5 Å². The molecule has 130 valence electrons. The Hall–Kier alpha value is -2.22. The summed E-state index contributed by atoms with van der Waals surface area (Å²) in [5.74, 6) is 4.76. The molecule has 2 nitrogen and oxygen atoms in total. The van der Waals surface area contributed by atoms with Crippen LogP contribution >= 0.6 is 0 Å². The maximum atomic E-state index is 13.3. The van der Waals surface area contributed by atoms with Gasteiger partial charge in [-0.1, -0.05) is 37.5 Å². The van der Waals surface area contributed by atoms with Crippen molar-refractivity contribution in [3.8, 4) is 23.0 Å². The smallest absolute Gasteiger partial charge is 0.222 e.